The van der Waals surface area contributed by atoms with Gasteiger partial charge in [-0.1, -0.05) is 0 Å². The van der Waals surface area contributed by atoms with Gasteiger partial charge in [-0.05, 0) is 15.9 Å². The van der Waals surface area contributed by atoms with Crippen LogP contribution in [0.15, 0.2) is 16.6 Å². The monoisotopic (exact) mass is 325 g/mol. The molecule has 0 radical (unpaired) electrons. The number of hydrogen-bond acceptors (Lipinski definition) is 3. The molecule has 0 aromatic heterocycles. The minimum Gasteiger partial charge on any atom is -0.486 e. The smallest absolute Gasteiger partial charge is 0.471 e. The van der Waals surface area contributed by atoms with Gasteiger partial charge in [-0.3, -0.25) is 4.79 Å². The maximum absolute atomic E-state index is 12.1. The molecule has 1 aromatic rings. The summed E-state index contributed by atoms with van der Waals surface area (Å²) in [6.45, 7) is 0.676. The molecule has 1 N–H and O–H groups in total. The number of carbonyl (C=O) groups excluding carboxylic acids is 1. The van der Waals surface area contributed by atoms with E-state index < -0.39 is 12.1 Å². The summed E-state index contributed by atoms with van der Waals surface area (Å²) >= 11 is 3.05. The van der Waals surface area contributed by atoms with E-state index in [1.807, 2.05) is 0 Å². The molecule has 0 saturated heterocycles. The van der Waals surface area contributed by atoms with E-state index in [0.29, 0.717) is 24.7 Å². The number of anilines is 1. The van der Waals surface area contributed by atoms with Gasteiger partial charge in [0, 0.05) is 16.6 Å². The number of halogens is 4. The van der Waals surface area contributed by atoms with Gasteiger partial charge in [0.25, 0.3) is 0 Å². The van der Waals surface area contributed by atoms with Crippen molar-refractivity contribution >= 4 is 27.5 Å². The number of rotatable bonds is 1. The molecule has 1 heterocycles. The molecule has 1 aliphatic rings. The zero-order valence-electron chi connectivity index (χ0n) is 8.81. The SMILES string of the molecule is O=C(Nc1cc2c(cc1Br)OCCO2)C(F)(F)F. The minimum absolute atomic E-state index is 0.0263. The zero-order chi connectivity index (χ0) is 13.3. The van der Waals surface area contributed by atoms with Crippen LogP contribution in [0, 0.1) is 0 Å². The van der Waals surface area contributed by atoms with Crippen LogP contribution in [0.3, 0.4) is 0 Å². The Morgan fingerprint density at radius 2 is 1.78 bits per heavy atom. The van der Waals surface area contributed by atoms with Crippen LogP contribution in [0.5, 0.6) is 11.5 Å². The van der Waals surface area contributed by atoms with Crippen molar-refractivity contribution in [1.82, 2.24) is 0 Å². The van der Waals surface area contributed by atoms with Gasteiger partial charge in [0.15, 0.2) is 11.5 Å². The van der Waals surface area contributed by atoms with Crippen LogP contribution in [0.4, 0.5) is 18.9 Å². The molecule has 1 amide bonds. The number of ether oxygens (including phenoxy) is 2. The van der Waals surface area contributed by atoms with Gasteiger partial charge in [0.05, 0.1) is 5.69 Å². The summed E-state index contributed by atoms with van der Waals surface area (Å²) in [5.41, 5.74) is -0.0263. The summed E-state index contributed by atoms with van der Waals surface area (Å²) in [5, 5.41) is 1.75. The van der Waals surface area contributed by atoms with E-state index in [1.54, 1.807) is 5.32 Å². The van der Waals surface area contributed by atoms with Crippen LogP contribution >= 0.6 is 15.9 Å². The third-order valence-electron chi connectivity index (χ3n) is 2.14. The maximum atomic E-state index is 12.1. The number of nitrogens with one attached hydrogen (secondary N) is 1. The molecule has 8 heteroatoms. The van der Waals surface area contributed by atoms with E-state index in [0.717, 1.165) is 0 Å². The summed E-state index contributed by atoms with van der Waals surface area (Å²) in [4.78, 5) is 10.8. The molecule has 0 atom stereocenters. The van der Waals surface area contributed by atoms with E-state index in [2.05, 4.69) is 15.9 Å². The molecule has 1 aliphatic heterocycles. The molecule has 0 aliphatic carbocycles. The second-order valence-corrected chi connectivity index (χ2v) is 4.28. The van der Waals surface area contributed by atoms with Gasteiger partial charge in [-0.25, -0.2) is 0 Å². The number of amides is 1. The summed E-state index contributed by atoms with van der Waals surface area (Å²) in [5.74, 6) is -1.33. The van der Waals surface area contributed by atoms with E-state index in [9.17, 15) is 18.0 Å². The van der Waals surface area contributed by atoms with Crippen molar-refractivity contribution in [2.24, 2.45) is 0 Å². The third-order valence-corrected chi connectivity index (χ3v) is 2.79. The standard InChI is InChI=1S/C10H7BrF3NO3/c11-5-3-7-8(18-2-1-17-7)4-6(5)15-9(16)10(12,13)14/h3-4H,1-2H2,(H,15,16). The van der Waals surface area contributed by atoms with Gasteiger partial charge < -0.3 is 14.8 Å². The molecule has 2 rings (SSSR count). The molecule has 98 valence electrons. The van der Waals surface area contributed by atoms with Crippen molar-refractivity contribution in [3.63, 3.8) is 0 Å². The third kappa shape index (κ3) is 2.69. The molecule has 0 bridgehead atoms. The largest absolute Gasteiger partial charge is 0.486 e. The van der Waals surface area contributed by atoms with Gasteiger partial charge in [0.1, 0.15) is 13.2 Å². The second kappa shape index (κ2) is 4.68. The van der Waals surface area contributed by atoms with Crippen LogP contribution in [0.1, 0.15) is 0 Å². The Bertz CT molecular complexity index is 490. The molecule has 1 aromatic carbocycles. The van der Waals surface area contributed by atoms with E-state index in [4.69, 9.17) is 9.47 Å². The maximum Gasteiger partial charge on any atom is 0.471 e. The molecule has 18 heavy (non-hydrogen) atoms. The molecular weight excluding hydrogens is 319 g/mol. The molecule has 0 saturated carbocycles. The van der Waals surface area contributed by atoms with Crippen molar-refractivity contribution in [2.45, 2.75) is 6.18 Å². The zero-order valence-corrected chi connectivity index (χ0v) is 10.4. The van der Waals surface area contributed by atoms with Gasteiger partial charge >= 0.3 is 12.1 Å². The Morgan fingerprint density at radius 3 is 2.33 bits per heavy atom. The first kappa shape index (κ1) is 13.0. The average Bonchev–Trinajstić information content (AvgIpc) is 2.28. The summed E-state index contributed by atoms with van der Waals surface area (Å²) in [7, 11) is 0. The first-order valence-electron chi connectivity index (χ1n) is 4.85. The van der Waals surface area contributed by atoms with Crippen LogP contribution < -0.4 is 14.8 Å². The predicted molar refractivity (Wildman–Crippen MR) is 59.8 cm³/mol. The lowest BCUT2D eigenvalue weighted by atomic mass is 10.2. The lowest BCUT2D eigenvalue weighted by molar-refractivity contribution is -0.167. The lowest BCUT2D eigenvalue weighted by Gasteiger charge is -2.20. The van der Waals surface area contributed by atoms with Crippen molar-refractivity contribution in [3.8, 4) is 11.5 Å². The molecule has 0 spiro atoms. The van der Waals surface area contributed by atoms with E-state index in [-0.39, 0.29) is 10.2 Å². The summed E-state index contributed by atoms with van der Waals surface area (Å²) < 4.78 is 47.1. The van der Waals surface area contributed by atoms with Crippen molar-refractivity contribution in [3.05, 3.63) is 16.6 Å². The summed E-state index contributed by atoms with van der Waals surface area (Å²) in [6.07, 6.45) is -4.94. The second-order valence-electron chi connectivity index (χ2n) is 3.43. The van der Waals surface area contributed by atoms with Crippen molar-refractivity contribution in [1.29, 1.82) is 0 Å². The number of carbonyl (C=O) groups is 1. The topological polar surface area (TPSA) is 47.6 Å². The first-order valence-corrected chi connectivity index (χ1v) is 5.64. The van der Waals surface area contributed by atoms with Gasteiger partial charge in [-0.15, -0.1) is 0 Å². The Morgan fingerprint density at radius 1 is 1.22 bits per heavy atom. The van der Waals surface area contributed by atoms with Crippen LogP contribution in [0.25, 0.3) is 0 Å². The van der Waals surface area contributed by atoms with Crippen molar-refractivity contribution < 1.29 is 27.4 Å². The highest BCUT2D eigenvalue weighted by Crippen LogP contribution is 2.38. The highest BCUT2D eigenvalue weighted by Gasteiger charge is 2.39. The highest BCUT2D eigenvalue weighted by atomic mass is 79.9. The quantitative estimate of drug-likeness (QED) is 0.863. The Balaban J connectivity index is 2.26. The Hall–Kier alpha value is -1.44. The van der Waals surface area contributed by atoms with Crippen LogP contribution in [0.2, 0.25) is 0 Å². The lowest BCUT2D eigenvalue weighted by Crippen LogP contribution is -2.30. The molecule has 0 unspecified atom stereocenters. The fourth-order valence-corrected chi connectivity index (χ4v) is 1.77. The van der Waals surface area contributed by atoms with Gasteiger partial charge in [-0.2, -0.15) is 13.2 Å². The van der Waals surface area contributed by atoms with Gasteiger partial charge in [0.2, 0.25) is 0 Å². The molecule has 4 nitrogen and oxygen atoms in total. The van der Waals surface area contributed by atoms with E-state index in [1.165, 1.54) is 12.1 Å². The molecule has 0 fully saturated rings. The number of fused-ring (bicyclic) bond motifs is 1. The Labute approximate surface area is 108 Å². The summed E-state index contributed by atoms with van der Waals surface area (Å²) in [6, 6.07) is 2.72. The van der Waals surface area contributed by atoms with E-state index >= 15 is 0 Å². The molecular formula is C10H7BrF3NO3. The Kier molecular flexibility index (Phi) is 3.38. The number of benzene rings is 1. The highest BCUT2D eigenvalue weighted by molar-refractivity contribution is 9.10. The minimum atomic E-state index is -4.94. The normalized spacial score (nSPS) is 14.2. The average molecular weight is 326 g/mol. The van der Waals surface area contributed by atoms with Crippen LogP contribution in [-0.4, -0.2) is 25.3 Å². The fourth-order valence-electron chi connectivity index (χ4n) is 1.35. The number of hydrogen-bond donors (Lipinski definition) is 1. The first-order chi connectivity index (χ1) is 8.38. The van der Waals surface area contributed by atoms with Crippen LogP contribution in [-0.2, 0) is 4.79 Å². The number of alkyl halides is 3. The van der Waals surface area contributed by atoms with Crippen molar-refractivity contribution in [2.75, 3.05) is 18.5 Å². The predicted octanol–water partition coefficient (Wildman–Crippen LogP) is 2.72. The fraction of sp³-hybridized carbons (Fsp3) is 0.300.